The Labute approximate surface area is 213 Å². The van der Waals surface area contributed by atoms with E-state index in [0.29, 0.717) is 54.3 Å². The number of carbonyl (C=O) groups excluding carboxylic acids is 1. The molecule has 188 valence electrons. The summed E-state index contributed by atoms with van der Waals surface area (Å²) in [5, 5.41) is 1.69. The molecule has 0 spiro atoms. The number of benzene rings is 1. The predicted octanol–water partition coefficient (Wildman–Crippen LogP) is 2.71. The van der Waals surface area contributed by atoms with Gasteiger partial charge in [-0.15, -0.1) is 5.92 Å². The van der Waals surface area contributed by atoms with Crippen molar-refractivity contribution >= 4 is 33.5 Å². The van der Waals surface area contributed by atoms with Gasteiger partial charge >= 0.3 is 0 Å². The van der Waals surface area contributed by atoms with Crippen LogP contribution in [-0.2, 0) is 13.1 Å². The molecule has 0 amide bonds. The molecule has 9 heteroatoms. The minimum Gasteiger partial charge on any atom is -0.490 e. The highest BCUT2D eigenvalue weighted by molar-refractivity contribution is 6.04. The van der Waals surface area contributed by atoms with Gasteiger partial charge in [0.15, 0.2) is 11.5 Å². The molecule has 5 heterocycles. The number of carbonyl (C=O) groups is 1. The van der Waals surface area contributed by atoms with Crippen molar-refractivity contribution in [2.45, 2.75) is 45.3 Å². The molecule has 2 aliphatic rings. The van der Waals surface area contributed by atoms with E-state index in [9.17, 15) is 9.59 Å². The van der Waals surface area contributed by atoms with Crippen molar-refractivity contribution in [3.63, 3.8) is 0 Å². The number of nitrogens with zero attached hydrogens (tertiary/aromatic N) is 5. The van der Waals surface area contributed by atoms with Crippen LogP contribution in [0.4, 0.5) is 5.95 Å². The van der Waals surface area contributed by atoms with Crippen LogP contribution in [0.3, 0.4) is 0 Å². The van der Waals surface area contributed by atoms with Gasteiger partial charge in [0.25, 0.3) is 5.56 Å². The Balaban J connectivity index is 1.48. The van der Waals surface area contributed by atoms with Crippen LogP contribution in [0, 0.1) is 11.8 Å². The number of piperidine rings is 1. The van der Waals surface area contributed by atoms with Gasteiger partial charge in [0, 0.05) is 42.5 Å². The Kier molecular flexibility index (Phi) is 5.89. The second kappa shape index (κ2) is 9.37. The molecule has 1 aromatic carbocycles. The molecule has 2 N–H and O–H groups in total. The molecule has 2 aliphatic heterocycles. The lowest BCUT2D eigenvalue weighted by molar-refractivity contribution is 0.0928. The minimum atomic E-state index is -0.179. The average molecular weight is 497 g/mol. The van der Waals surface area contributed by atoms with Crippen LogP contribution in [0.2, 0.25) is 0 Å². The van der Waals surface area contributed by atoms with Crippen LogP contribution in [0.5, 0.6) is 5.75 Å². The lowest BCUT2D eigenvalue weighted by Gasteiger charge is -2.31. The molecule has 1 saturated heterocycles. The fraction of sp³-hybridized carbons (Fsp3) is 0.357. The summed E-state index contributed by atoms with van der Waals surface area (Å²) in [5.41, 5.74) is 8.17. The van der Waals surface area contributed by atoms with Crippen LogP contribution in [-0.4, -0.2) is 50.6 Å². The zero-order valence-corrected chi connectivity index (χ0v) is 20.7. The van der Waals surface area contributed by atoms with Crippen LogP contribution < -0.4 is 20.9 Å². The first-order valence-electron chi connectivity index (χ1n) is 12.6. The van der Waals surface area contributed by atoms with Crippen molar-refractivity contribution in [2.75, 3.05) is 24.6 Å². The number of ether oxygens (including phenoxy) is 1. The predicted molar refractivity (Wildman–Crippen MR) is 142 cm³/mol. The number of hydrogen-bond donors (Lipinski definition) is 1. The second-order valence-electron chi connectivity index (χ2n) is 9.56. The second-order valence-corrected chi connectivity index (χ2v) is 9.56. The first kappa shape index (κ1) is 23.3. The number of ketones is 1. The summed E-state index contributed by atoms with van der Waals surface area (Å²) in [5.74, 6) is 7.24. The third kappa shape index (κ3) is 4.03. The Morgan fingerprint density at radius 1 is 1.16 bits per heavy atom. The molecule has 9 nitrogen and oxygen atoms in total. The van der Waals surface area contributed by atoms with Gasteiger partial charge in [-0.3, -0.25) is 14.2 Å². The standard InChI is InChI=1S/C28H28N6O3/c1-2-3-13-34-25-21(31-28(34)33-12-6-7-18(29)16-33)10-14-32(27(25)36)17-22-19-8-4-5-9-20(19)26-24(30-22)23(35)11-15-37-26/h4-5,8-10,14,18H,6-7,11-13,15-17,29H2,1H3. The lowest BCUT2D eigenvalue weighted by atomic mass is 10.0. The van der Waals surface area contributed by atoms with Gasteiger partial charge in [0.05, 0.1) is 30.9 Å². The van der Waals surface area contributed by atoms with E-state index in [1.165, 1.54) is 0 Å². The minimum absolute atomic E-state index is 0.0448. The van der Waals surface area contributed by atoms with Crippen molar-refractivity contribution in [1.82, 2.24) is 19.1 Å². The highest BCUT2D eigenvalue weighted by Gasteiger charge is 2.26. The number of Topliss-reactive ketones (excluding diaryl/α,β-unsaturated/α-hetero) is 1. The molecular formula is C28H28N6O3. The third-order valence-corrected chi connectivity index (χ3v) is 7.11. The highest BCUT2D eigenvalue weighted by Crippen LogP contribution is 2.34. The Morgan fingerprint density at radius 2 is 2.00 bits per heavy atom. The lowest BCUT2D eigenvalue weighted by Crippen LogP contribution is -2.44. The number of imidazole rings is 1. The number of aromatic nitrogens is 4. The molecule has 6 rings (SSSR count). The topological polar surface area (TPSA) is 108 Å². The van der Waals surface area contributed by atoms with Crippen molar-refractivity contribution in [1.29, 1.82) is 0 Å². The molecule has 0 aliphatic carbocycles. The van der Waals surface area contributed by atoms with Gasteiger partial charge in [-0.05, 0) is 25.8 Å². The fourth-order valence-corrected chi connectivity index (χ4v) is 5.32. The number of pyridine rings is 2. The van der Waals surface area contributed by atoms with E-state index in [0.717, 1.165) is 36.1 Å². The van der Waals surface area contributed by atoms with Crippen LogP contribution in [0.15, 0.2) is 41.3 Å². The van der Waals surface area contributed by atoms with Crippen molar-refractivity contribution < 1.29 is 9.53 Å². The summed E-state index contributed by atoms with van der Waals surface area (Å²) in [7, 11) is 0. The summed E-state index contributed by atoms with van der Waals surface area (Å²) < 4.78 is 9.35. The van der Waals surface area contributed by atoms with E-state index in [4.69, 9.17) is 20.4 Å². The SMILES string of the molecule is CC#CCn1c(N2CCCC(N)C2)nc2ccn(Cc3nc4c(c5ccccc35)OCCC4=O)c(=O)c21. The van der Waals surface area contributed by atoms with Gasteiger partial charge in [-0.2, -0.15) is 0 Å². The van der Waals surface area contributed by atoms with Gasteiger partial charge in [-0.25, -0.2) is 9.97 Å². The molecule has 37 heavy (non-hydrogen) atoms. The fourth-order valence-electron chi connectivity index (χ4n) is 5.32. The summed E-state index contributed by atoms with van der Waals surface area (Å²) in [6, 6.07) is 9.64. The highest BCUT2D eigenvalue weighted by atomic mass is 16.5. The van der Waals surface area contributed by atoms with Crippen molar-refractivity contribution in [2.24, 2.45) is 5.73 Å². The van der Waals surface area contributed by atoms with Crippen LogP contribution in [0.25, 0.3) is 21.8 Å². The normalized spacial score (nSPS) is 17.4. The first-order chi connectivity index (χ1) is 18.0. The number of rotatable bonds is 4. The monoisotopic (exact) mass is 496 g/mol. The molecule has 0 radical (unpaired) electrons. The van der Waals surface area contributed by atoms with E-state index in [1.807, 2.05) is 34.9 Å². The average Bonchev–Trinajstić information content (AvgIpc) is 3.29. The number of anilines is 1. The summed E-state index contributed by atoms with van der Waals surface area (Å²) in [4.78, 5) is 38.2. The van der Waals surface area contributed by atoms with E-state index in [1.54, 1.807) is 17.7 Å². The summed E-state index contributed by atoms with van der Waals surface area (Å²) >= 11 is 0. The number of nitrogens with two attached hydrogens (primary N) is 1. The molecular weight excluding hydrogens is 468 g/mol. The largest absolute Gasteiger partial charge is 0.490 e. The Morgan fingerprint density at radius 3 is 2.81 bits per heavy atom. The quantitative estimate of drug-likeness (QED) is 0.433. The molecule has 1 unspecified atom stereocenters. The molecule has 4 aromatic rings. The molecule has 0 saturated carbocycles. The maximum absolute atomic E-state index is 13.9. The third-order valence-electron chi connectivity index (χ3n) is 7.11. The molecule has 3 aromatic heterocycles. The number of fused-ring (bicyclic) bond motifs is 4. The van der Waals surface area contributed by atoms with E-state index in [-0.39, 0.29) is 23.9 Å². The maximum atomic E-state index is 13.9. The van der Waals surface area contributed by atoms with Crippen molar-refractivity contribution in [3.8, 4) is 17.6 Å². The van der Waals surface area contributed by atoms with Gasteiger partial charge in [0.1, 0.15) is 11.2 Å². The summed E-state index contributed by atoms with van der Waals surface area (Å²) in [6.45, 7) is 4.24. The van der Waals surface area contributed by atoms with E-state index in [2.05, 4.69) is 16.7 Å². The maximum Gasteiger partial charge on any atom is 0.277 e. The number of hydrogen-bond acceptors (Lipinski definition) is 7. The van der Waals surface area contributed by atoms with Crippen LogP contribution in [0.1, 0.15) is 42.4 Å². The smallest absolute Gasteiger partial charge is 0.277 e. The molecule has 1 fully saturated rings. The van der Waals surface area contributed by atoms with Gasteiger partial charge in [-0.1, -0.05) is 30.2 Å². The zero-order chi connectivity index (χ0) is 25.5. The first-order valence-corrected chi connectivity index (χ1v) is 12.6. The Bertz CT molecular complexity index is 1660. The molecule has 1 atom stereocenters. The van der Waals surface area contributed by atoms with Crippen molar-refractivity contribution in [3.05, 3.63) is 58.3 Å². The van der Waals surface area contributed by atoms with Gasteiger partial charge in [0.2, 0.25) is 5.95 Å². The summed E-state index contributed by atoms with van der Waals surface area (Å²) in [6.07, 6.45) is 4.00. The zero-order valence-electron chi connectivity index (χ0n) is 20.7. The van der Waals surface area contributed by atoms with E-state index >= 15 is 0 Å². The van der Waals surface area contributed by atoms with Crippen LogP contribution >= 0.6 is 0 Å². The molecule has 0 bridgehead atoms. The Hall–Kier alpha value is -4.16. The van der Waals surface area contributed by atoms with E-state index < -0.39 is 0 Å². The van der Waals surface area contributed by atoms with Gasteiger partial charge < -0.3 is 19.9 Å².